The Morgan fingerprint density at radius 1 is 1.24 bits per heavy atom. The maximum atomic E-state index is 12.8. The van der Waals surface area contributed by atoms with Gasteiger partial charge < -0.3 is 4.74 Å². The Kier molecular flexibility index (Phi) is 4.15. The van der Waals surface area contributed by atoms with Crippen LogP contribution in [0.1, 0.15) is 36.7 Å². The number of carbonyl (C=O) groups is 1. The molecule has 1 fully saturated rings. The number of hydrogen-bond acceptors (Lipinski definition) is 7. The van der Waals surface area contributed by atoms with Gasteiger partial charge in [-0.25, -0.2) is 19.0 Å². The number of benzene rings is 1. The lowest BCUT2D eigenvalue weighted by Gasteiger charge is -2.09. The number of hydrogen-bond donors (Lipinski definition) is 3. The number of carbonyl (C=O) groups excluding carboxylic acids is 1. The van der Waals surface area contributed by atoms with Gasteiger partial charge in [-0.3, -0.25) is 19.8 Å². The summed E-state index contributed by atoms with van der Waals surface area (Å²) in [6.07, 6.45) is 5.29. The SMILES string of the molecule is CC1(c2cc(NC(=O)n3ccc4cc(Oc5ncnc6c5CS(=N)(=O)C6)ccc43)n[nH]2)CC1. The topological polar surface area (TPSA) is 139 Å². The summed E-state index contributed by atoms with van der Waals surface area (Å²) in [5.41, 5.74) is 3.11. The molecule has 2 aliphatic rings. The zero-order valence-corrected chi connectivity index (χ0v) is 18.6. The van der Waals surface area contributed by atoms with E-state index in [4.69, 9.17) is 9.52 Å². The van der Waals surface area contributed by atoms with Crippen molar-refractivity contribution in [2.45, 2.75) is 36.7 Å². The van der Waals surface area contributed by atoms with E-state index in [1.807, 2.05) is 12.1 Å². The third-order valence-electron chi connectivity index (χ3n) is 6.30. The number of aromatic nitrogens is 5. The maximum absolute atomic E-state index is 12.8. The van der Waals surface area contributed by atoms with Gasteiger partial charge in [0.2, 0.25) is 5.88 Å². The molecule has 4 aromatic rings. The fourth-order valence-electron chi connectivity index (χ4n) is 4.09. The lowest BCUT2D eigenvalue weighted by Crippen LogP contribution is -2.18. The maximum Gasteiger partial charge on any atom is 0.331 e. The van der Waals surface area contributed by atoms with E-state index in [9.17, 15) is 9.00 Å². The van der Waals surface area contributed by atoms with Crippen LogP contribution in [0.3, 0.4) is 0 Å². The van der Waals surface area contributed by atoms with Crippen molar-refractivity contribution in [3.63, 3.8) is 0 Å². The van der Waals surface area contributed by atoms with Gasteiger partial charge in [0.05, 0.1) is 38.0 Å². The summed E-state index contributed by atoms with van der Waals surface area (Å²) in [5.74, 6) is 1.54. The zero-order chi connectivity index (χ0) is 22.8. The van der Waals surface area contributed by atoms with E-state index in [-0.39, 0.29) is 23.0 Å². The summed E-state index contributed by atoms with van der Waals surface area (Å²) in [5, 5.41) is 10.9. The van der Waals surface area contributed by atoms with E-state index in [0.717, 1.165) is 23.9 Å². The lowest BCUT2D eigenvalue weighted by atomic mass is 10.1. The molecule has 0 bridgehead atoms. The second-order valence-electron chi connectivity index (χ2n) is 8.87. The van der Waals surface area contributed by atoms with E-state index in [1.54, 1.807) is 24.4 Å². The van der Waals surface area contributed by atoms with Gasteiger partial charge in [-0.05, 0) is 37.1 Å². The van der Waals surface area contributed by atoms with Crippen molar-refractivity contribution in [3.8, 4) is 11.6 Å². The Morgan fingerprint density at radius 2 is 2.09 bits per heavy atom. The second kappa shape index (κ2) is 6.88. The van der Waals surface area contributed by atoms with Gasteiger partial charge in [-0.15, -0.1) is 0 Å². The number of amides is 1. The standard InChI is InChI=1S/C22H21N7O3S/c1-22(5-6-22)18-9-19(28-27-18)26-21(30)29-7-4-13-8-14(2-3-17(13)29)32-20-15-10-33(23,31)11-16(15)24-12-25-20/h2-4,7-9,12,23H,5-6,10-11H2,1H3,(H2,26,27,28,30). The van der Waals surface area contributed by atoms with Crippen LogP contribution in [0.15, 0.2) is 42.9 Å². The van der Waals surface area contributed by atoms with Crippen molar-refractivity contribution in [1.29, 1.82) is 4.78 Å². The van der Waals surface area contributed by atoms with E-state index in [2.05, 4.69) is 32.4 Å². The van der Waals surface area contributed by atoms with Crippen molar-refractivity contribution >= 4 is 32.5 Å². The Morgan fingerprint density at radius 3 is 2.91 bits per heavy atom. The van der Waals surface area contributed by atoms with Gasteiger partial charge in [-0.2, -0.15) is 5.10 Å². The van der Waals surface area contributed by atoms with Gasteiger partial charge in [0.1, 0.15) is 12.1 Å². The second-order valence-corrected chi connectivity index (χ2v) is 11.1. The number of anilines is 1. The molecule has 0 saturated heterocycles. The Bertz CT molecular complexity index is 1530. The quantitative estimate of drug-likeness (QED) is 0.416. The molecule has 6 rings (SSSR count). The normalized spacial score (nSPS) is 20.5. The van der Waals surface area contributed by atoms with Crippen LogP contribution >= 0.6 is 0 Å². The fraction of sp³-hybridized carbons (Fsp3) is 0.273. The van der Waals surface area contributed by atoms with E-state index >= 15 is 0 Å². The fourth-order valence-corrected chi connectivity index (χ4v) is 5.64. The molecule has 1 aliphatic carbocycles. The molecule has 3 aromatic heterocycles. The number of aromatic amines is 1. The average Bonchev–Trinajstić information content (AvgIpc) is 3.12. The first-order valence-corrected chi connectivity index (χ1v) is 12.4. The molecule has 3 N–H and O–H groups in total. The lowest BCUT2D eigenvalue weighted by molar-refractivity contribution is 0.254. The first-order chi connectivity index (χ1) is 15.8. The molecule has 33 heavy (non-hydrogen) atoms. The van der Waals surface area contributed by atoms with Crippen molar-refractivity contribution in [2.24, 2.45) is 0 Å². The monoisotopic (exact) mass is 463 g/mol. The van der Waals surface area contributed by atoms with Gasteiger partial charge in [-0.1, -0.05) is 6.92 Å². The van der Waals surface area contributed by atoms with Crippen LogP contribution in [0.4, 0.5) is 10.6 Å². The molecule has 1 unspecified atom stereocenters. The average molecular weight is 464 g/mol. The summed E-state index contributed by atoms with van der Waals surface area (Å²) in [7, 11) is -2.73. The molecule has 168 valence electrons. The molecule has 1 saturated carbocycles. The summed E-state index contributed by atoms with van der Waals surface area (Å²) >= 11 is 0. The van der Waals surface area contributed by atoms with E-state index < -0.39 is 9.73 Å². The van der Waals surface area contributed by atoms with Crippen LogP contribution in [-0.2, 0) is 26.6 Å². The first kappa shape index (κ1) is 19.9. The molecule has 1 atom stereocenters. The minimum atomic E-state index is -2.73. The number of fused-ring (bicyclic) bond motifs is 2. The molecular weight excluding hydrogens is 442 g/mol. The van der Waals surface area contributed by atoms with Crippen molar-refractivity contribution < 1.29 is 13.7 Å². The minimum absolute atomic E-state index is 0.0886. The van der Waals surface area contributed by atoms with E-state index in [1.165, 1.54) is 10.9 Å². The summed E-state index contributed by atoms with van der Waals surface area (Å²) in [4.78, 5) is 21.1. The molecule has 1 aromatic carbocycles. The molecule has 4 heterocycles. The highest BCUT2D eigenvalue weighted by atomic mass is 32.2. The van der Waals surface area contributed by atoms with Crippen LogP contribution in [0.2, 0.25) is 0 Å². The van der Waals surface area contributed by atoms with E-state index in [0.29, 0.717) is 34.2 Å². The number of H-pyrrole nitrogens is 1. The third-order valence-corrected chi connectivity index (χ3v) is 7.80. The molecular formula is C22H21N7O3S. The number of nitrogens with zero attached hydrogens (tertiary/aromatic N) is 4. The summed E-state index contributed by atoms with van der Waals surface area (Å²) in [6.45, 7) is 2.17. The Labute approximate surface area is 189 Å². The first-order valence-electron chi connectivity index (χ1n) is 10.5. The highest BCUT2D eigenvalue weighted by molar-refractivity contribution is 7.91. The minimum Gasteiger partial charge on any atom is -0.439 e. The van der Waals surface area contributed by atoms with Crippen LogP contribution in [0.5, 0.6) is 11.6 Å². The molecule has 1 amide bonds. The van der Waals surface area contributed by atoms with Crippen LogP contribution in [0.25, 0.3) is 10.9 Å². The predicted octanol–water partition coefficient (Wildman–Crippen LogP) is 4.14. The molecule has 1 aliphatic heterocycles. The van der Waals surface area contributed by atoms with Crippen molar-refractivity contribution in [3.05, 3.63) is 59.8 Å². The highest BCUT2D eigenvalue weighted by Crippen LogP contribution is 2.47. The van der Waals surface area contributed by atoms with Gasteiger partial charge in [0.15, 0.2) is 5.82 Å². The molecule has 0 radical (unpaired) electrons. The predicted molar refractivity (Wildman–Crippen MR) is 122 cm³/mol. The largest absolute Gasteiger partial charge is 0.439 e. The third kappa shape index (κ3) is 3.54. The van der Waals surface area contributed by atoms with Gasteiger partial charge in [0.25, 0.3) is 0 Å². The van der Waals surface area contributed by atoms with Crippen molar-refractivity contribution in [1.82, 2.24) is 24.7 Å². The van der Waals surface area contributed by atoms with Crippen LogP contribution < -0.4 is 10.1 Å². The molecule has 0 spiro atoms. The molecule has 11 heteroatoms. The Hall–Kier alpha value is -3.73. The number of rotatable bonds is 4. The zero-order valence-electron chi connectivity index (χ0n) is 17.8. The number of nitrogens with one attached hydrogen (secondary N) is 3. The van der Waals surface area contributed by atoms with Crippen LogP contribution in [0, 0.1) is 4.78 Å². The van der Waals surface area contributed by atoms with Gasteiger partial charge >= 0.3 is 6.03 Å². The van der Waals surface area contributed by atoms with Crippen LogP contribution in [-0.4, -0.2) is 35.0 Å². The molecule has 10 nitrogen and oxygen atoms in total. The number of ether oxygens (including phenoxy) is 1. The van der Waals surface area contributed by atoms with Gasteiger partial charge in [0, 0.05) is 28.8 Å². The summed E-state index contributed by atoms with van der Waals surface area (Å²) in [6, 6.07) is 8.74. The van der Waals surface area contributed by atoms with Crippen molar-refractivity contribution in [2.75, 3.05) is 5.32 Å². The smallest absolute Gasteiger partial charge is 0.331 e. The Balaban J connectivity index is 1.23. The summed E-state index contributed by atoms with van der Waals surface area (Å²) < 4.78 is 27.5. The highest BCUT2D eigenvalue weighted by Gasteiger charge is 2.40.